The Hall–Kier alpha value is -2.61. The number of nitrogens with zero attached hydrogens (tertiary/aromatic N) is 4. The first-order valence-corrected chi connectivity index (χ1v) is 8.13. The molecule has 0 spiro atoms. The van der Waals surface area contributed by atoms with Crippen molar-refractivity contribution >= 4 is 38.4 Å². The van der Waals surface area contributed by atoms with Crippen LogP contribution in [0.5, 0.6) is 0 Å². The maximum Gasteiger partial charge on any atom is 0.275 e. The number of aromatic nitrogens is 4. The van der Waals surface area contributed by atoms with Crippen LogP contribution in [0.3, 0.4) is 0 Å². The lowest BCUT2D eigenvalue weighted by atomic mass is 10.1. The molecular weight excluding hydrogens is 374 g/mol. The first-order chi connectivity index (χ1) is 11.6. The smallest absolute Gasteiger partial charge is 0.275 e. The van der Waals surface area contributed by atoms with E-state index in [1.165, 1.54) is 17.2 Å². The molecule has 3 rings (SSSR count). The van der Waals surface area contributed by atoms with Crippen LogP contribution in [0.4, 0.5) is 5.82 Å². The molecule has 0 aliphatic rings. The minimum atomic E-state index is -0.373. The lowest BCUT2D eigenvalue weighted by molar-refractivity contribution is -0.117. The molecule has 3 aromatic rings. The highest BCUT2D eigenvalue weighted by Gasteiger charge is 2.13. The van der Waals surface area contributed by atoms with Gasteiger partial charge in [0, 0.05) is 16.1 Å². The maximum atomic E-state index is 12.6. The van der Waals surface area contributed by atoms with Crippen molar-refractivity contribution in [2.45, 2.75) is 19.9 Å². The average Bonchev–Trinajstić information content (AvgIpc) is 2.58. The van der Waals surface area contributed by atoms with Gasteiger partial charge in [0.2, 0.25) is 5.91 Å². The molecule has 0 fully saturated rings. The van der Waals surface area contributed by atoms with Crippen molar-refractivity contribution < 1.29 is 4.79 Å². The second-order valence-electron chi connectivity index (χ2n) is 5.10. The first kappa shape index (κ1) is 16.3. The summed E-state index contributed by atoms with van der Waals surface area (Å²) >= 11 is 3.40. The number of fused-ring (bicyclic) bond motifs is 1. The van der Waals surface area contributed by atoms with Crippen LogP contribution in [-0.2, 0) is 17.8 Å². The summed E-state index contributed by atoms with van der Waals surface area (Å²) in [7, 11) is 0. The van der Waals surface area contributed by atoms with Crippen LogP contribution in [0.2, 0.25) is 0 Å². The molecule has 0 radical (unpaired) electrons. The molecule has 0 saturated heterocycles. The van der Waals surface area contributed by atoms with E-state index in [0.717, 1.165) is 15.6 Å². The molecule has 8 heteroatoms. The predicted octanol–water partition coefficient (Wildman–Crippen LogP) is 2.15. The van der Waals surface area contributed by atoms with Gasteiger partial charge in [-0.15, -0.1) is 0 Å². The number of hydrogen-bond acceptors (Lipinski definition) is 5. The van der Waals surface area contributed by atoms with Crippen LogP contribution in [0, 0.1) is 0 Å². The van der Waals surface area contributed by atoms with Gasteiger partial charge in [-0.05, 0) is 30.7 Å². The molecule has 24 heavy (non-hydrogen) atoms. The molecule has 1 N–H and O–H groups in total. The Kier molecular flexibility index (Phi) is 4.66. The van der Waals surface area contributed by atoms with Crippen molar-refractivity contribution in [3.63, 3.8) is 0 Å². The lowest BCUT2D eigenvalue weighted by Crippen LogP contribution is -2.30. The van der Waals surface area contributed by atoms with E-state index in [4.69, 9.17) is 0 Å². The second-order valence-corrected chi connectivity index (χ2v) is 6.01. The number of nitrogens with one attached hydrogen (secondary N) is 1. The fourth-order valence-corrected chi connectivity index (χ4v) is 2.74. The Morgan fingerprint density at radius 3 is 2.83 bits per heavy atom. The van der Waals surface area contributed by atoms with Gasteiger partial charge in [0.1, 0.15) is 18.7 Å². The number of carbonyl (C=O) groups excluding carboxylic acids is 1. The van der Waals surface area contributed by atoms with Crippen molar-refractivity contribution in [1.29, 1.82) is 0 Å². The molecule has 0 atom stereocenters. The largest absolute Gasteiger partial charge is 0.309 e. The van der Waals surface area contributed by atoms with Crippen molar-refractivity contribution in [3.8, 4) is 0 Å². The Morgan fingerprint density at radius 1 is 1.29 bits per heavy atom. The molecule has 0 aliphatic carbocycles. The number of halogens is 1. The monoisotopic (exact) mass is 387 g/mol. The summed E-state index contributed by atoms with van der Waals surface area (Å²) in [4.78, 5) is 32.4. The van der Waals surface area contributed by atoms with E-state index in [1.54, 1.807) is 18.2 Å². The number of anilines is 1. The molecule has 1 aromatic carbocycles. The van der Waals surface area contributed by atoms with Gasteiger partial charge in [-0.2, -0.15) is 5.10 Å². The normalized spacial score (nSPS) is 10.8. The molecule has 122 valence electrons. The first-order valence-electron chi connectivity index (χ1n) is 7.33. The zero-order chi connectivity index (χ0) is 17.1. The maximum absolute atomic E-state index is 12.6. The number of aryl methyl sites for hydroxylation is 1. The third-order valence-electron chi connectivity index (χ3n) is 3.48. The van der Waals surface area contributed by atoms with Gasteiger partial charge < -0.3 is 5.32 Å². The molecule has 1 amide bonds. The second kappa shape index (κ2) is 6.88. The van der Waals surface area contributed by atoms with Gasteiger partial charge in [0.25, 0.3) is 5.56 Å². The Bertz CT molecular complexity index is 956. The zero-order valence-electron chi connectivity index (χ0n) is 12.9. The molecule has 2 aromatic heterocycles. The Morgan fingerprint density at radius 2 is 2.12 bits per heavy atom. The molecule has 0 aliphatic heterocycles. The zero-order valence-corrected chi connectivity index (χ0v) is 14.4. The van der Waals surface area contributed by atoms with E-state index in [2.05, 4.69) is 36.3 Å². The van der Waals surface area contributed by atoms with E-state index in [0.29, 0.717) is 17.6 Å². The Labute approximate surface area is 145 Å². The summed E-state index contributed by atoms with van der Waals surface area (Å²) in [5, 5.41) is 8.28. The van der Waals surface area contributed by atoms with Crippen LogP contribution in [-0.4, -0.2) is 25.7 Å². The van der Waals surface area contributed by atoms with E-state index in [-0.39, 0.29) is 18.0 Å². The van der Waals surface area contributed by atoms with Gasteiger partial charge in [-0.3, -0.25) is 9.59 Å². The van der Waals surface area contributed by atoms with Crippen molar-refractivity contribution in [2.24, 2.45) is 0 Å². The van der Waals surface area contributed by atoms with E-state index < -0.39 is 0 Å². The van der Waals surface area contributed by atoms with Gasteiger partial charge >= 0.3 is 0 Å². The molecule has 2 heterocycles. The van der Waals surface area contributed by atoms with Crippen molar-refractivity contribution in [1.82, 2.24) is 19.7 Å². The number of amides is 1. The number of carbonyl (C=O) groups is 1. The van der Waals surface area contributed by atoms with E-state index >= 15 is 0 Å². The van der Waals surface area contributed by atoms with Gasteiger partial charge in [0.15, 0.2) is 0 Å². The average molecular weight is 388 g/mol. The third kappa shape index (κ3) is 3.33. The van der Waals surface area contributed by atoms with Gasteiger partial charge in [-0.1, -0.05) is 22.9 Å². The lowest BCUT2D eigenvalue weighted by Gasteiger charge is -2.10. The quantitative estimate of drug-likeness (QED) is 0.740. The molecule has 0 unspecified atom stereocenters. The summed E-state index contributed by atoms with van der Waals surface area (Å²) in [5.74, 6) is 0.00491. The number of benzene rings is 1. The summed E-state index contributed by atoms with van der Waals surface area (Å²) in [6.07, 6.45) is 3.51. The highest BCUT2D eigenvalue weighted by molar-refractivity contribution is 9.10. The third-order valence-corrected chi connectivity index (χ3v) is 3.97. The highest BCUT2D eigenvalue weighted by atomic mass is 79.9. The predicted molar refractivity (Wildman–Crippen MR) is 93.7 cm³/mol. The SMILES string of the molecule is CCc1nn(CC(=O)Nc2ccncn2)c(=O)c2ccc(Br)cc12. The van der Waals surface area contributed by atoms with Crippen LogP contribution < -0.4 is 10.9 Å². The summed E-state index contributed by atoms with van der Waals surface area (Å²) in [6, 6.07) is 6.98. The Balaban J connectivity index is 1.95. The van der Waals surface area contributed by atoms with Crippen LogP contribution >= 0.6 is 15.9 Å². The fourth-order valence-electron chi connectivity index (χ4n) is 2.38. The number of hydrogen-bond donors (Lipinski definition) is 1. The van der Waals surface area contributed by atoms with E-state index in [9.17, 15) is 9.59 Å². The topological polar surface area (TPSA) is 89.8 Å². The minimum Gasteiger partial charge on any atom is -0.309 e. The van der Waals surface area contributed by atoms with Crippen molar-refractivity contribution in [2.75, 3.05) is 5.32 Å². The van der Waals surface area contributed by atoms with Crippen molar-refractivity contribution in [3.05, 3.63) is 57.3 Å². The summed E-state index contributed by atoms with van der Waals surface area (Å²) in [5.41, 5.74) is 0.466. The minimum absolute atomic E-state index is 0.179. The van der Waals surface area contributed by atoms with Crippen LogP contribution in [0.1, 0.15) is 12.6 Å². The number of rotatable bonds is 4. The standard InChI is InChI=1S/C16H14BrN5O2/c1-2-13-12-7-10(17)3-4-11(12)16(24)22(21-13)8-15(23)20-14-5-6-18-9-19-14/h3-7,9H,2,8H2,1H3,(H,18,19,20,23). The summed E-state index contributed by atoms with van der Waals surface area (Å²) in [6.45, 7) is 1.78. The van der Waals surface area contributed by atoms with Crippen LogP contribution in [0.25, 0.3) is 10.8 Å². The van der Waals surface area contributed by atoms with Crippen LogP contribution in [0.15, 0.2) is 46.1 Å². The summed E-state index contributed by atoms with van der Waals surface area (Å²) < 4.78 is 2.07. The molecule has 7 nitrogen and oxygen atoms in total. The molecule has 0 saturated carbocycles. The molecule has 0 bridgehead atoms. The molecular formula is C16H14BrN5O2. The van der Waals surface area contributed by atoms with Gasteiger partial charge in [-0.25, -0.2) is 14.6 Å². The van der Waals surface area contributed by atoms with E-state index in [1.807, 2.05) is 13.0 Å². The highest BCUT2D eigenvalue weighted by Crippen LogP contribution is 2.19. The van der Waals surface area contributed by atoms with Gasteiger partial charge in [0.05, 0.1) is 11.1 Å². The fraction of sp³-hybridized carbons (Fsp3) is 0.188.